The van der Waals surface area contributed by atoms with Crippen LogP contribution in [-0.4, -0.2) is 54.1 Å². The molecule has 2 N–H and O–H groups in total. The van der Waals surface area contributed by atoms with E-state index in [0.717, 1.165) is 4.90 Å². The molecule has 1 heterocycles. The van der Waals surface area contributed by atoms with E-state index in [9.17, 15) is 9.59 Å². The number of hydrogen-bond acceptors (Lipinski definition) is 4. The van der Waals surface area contributed by atoms with Crippen LogP contribution in [0.2, 0.25) is 0 Å². The number of rotatable bonds is 4. The molecule has 21 heavy (non-hydrogen) atoms. The average Bonchev–Trinajstić information content (AvgIpc) is 2.48. The van der Waals surface area contributed by atoms with Gasteiger partial charge in [0.2, 0.25) is 0 Å². The van der Waals surface area contributed by atoms with Gasteiger partial charge >= 0.3 is 12.0 Å². The Bertz CT molecular complexity index is 506. The molecule has 7 heteroatoms. The minimum absolute atomic E-state index is 0.112. The summed E-state index contributed by atoms with van der Waals surface area (Å²) in [5.74, 6) is -0.937. The highest BCUT2D eigenvalue weighted by atomic mass is 32.2. The Kier molecular flexibility index (Phi) is 5.46. The first kappa shape index (κ1) is 15.7. The van der Waals surface area contributed by atoms with Crippen LogP contribution in [0.25, 0.3) is 0 Å². The number of anilines is 1. The van der Waals surface area contributed by atoms with Crippen LogP contribution in [0.1, 0.15) is 6.42 Å². The van der Waals surface area contributed by atoms with E-state index in [1.807, 2.05) is 30.5 Å². The number of hydrogen-bond donors (Lipinski definition) is 2. The molecule has 0 aliphatic carbocycles. The van der Waals surface area contributed by atoms with Crippen molar-refractivity contribution in [1.82, 2.24) is 4.90 Å². The minimum Gasteiger partial charge on any atom is -0.481 e. The van der Waals surface area contributed by atoms with Gasteiger partial charge in [-0.1, -0.05) is 0 Å². The number of nitrogens with zero attached hydrogens (tertiary/aromatic N) is 1. The number of ether oxygens (including phenoxy) is 1. The van der Waals surface area contributed by atoms with Gasteiger partial charge < -0.3 is 20.1 Å². The largest absolute Gasteiger partial charge is 0.481 e. The van der Waals surface area contributed by atoms with Gasteiger partial charge in [0, 0.05) is 17.1 Å². The molecule has 1 aliphatic rings. The van der Waals surface area contributed by atoms with Gasteiger partial charge in [-0.3, -0.25) is 4.79 Å². The topological polar surface area (TPSA) is 78.9 Å². The molecule has 2 amide bonds. The molecule has 1 aromatic rings. The molecule has 1 aromatic carbocycles. The normalized spacial score (nSPS) is 18.3. The summed E-state index contributed by atoms with van der Waals surface area (Å²) in [6.45, 7) is 1.08. The second kappa shape index (κ2) is 7.33. The van der Waals surface area contributed by atoms with E-state index in [1.54, 1.807) is 11.8 Å². The molecule has 1 saturated heterocycles. The molecule has 6 nitrogen and oxygen atoms in total. The standard InChI is InChI=1S/C14H18N2O4S/c1-21-12-4-2-10(3-5-12)15-14(19)16-6-7-20-9-11(16)8-13(17)18/h2-5,11H,6-9H2,1H3,(H,15,19)(H,17,18). The first-order chi connectivity index (χ1) is 10.1. The highest BCUT2D eigenvalue weighted by Gasteiger charge is 2.29. The number of aliphatic carboxylic acids is 1. The van der Waals surface area contributed by atoms with Crippen molar-refractivity contribution in [3.63, 3.8) is 0 Å². The number of amides is 2. The first-order valence-electron chi connectivity index (χ1n) is 6.61. The van der Waals surface area contributed by atoms with Crippen molar-refractivity contribution in [2.24, 2.45) is 0 Å². The third kappa shape index (κ3) is 4.37. The summed E-state index contributed by atoms with van der Waals surface area (Å²) in [5, 5.41) is 11.7. The molecule has 0 spiro atoms. The fourth-order valence-corrected chi connectivity index (χ4v) is 2.57. The summed E-state index contributed by atoms with van der Waals surface area (Å²) in [7, 11) is 0. The lowest BCUT2D eigenvalue weighted by atomic mass is 10.1. The van der Waals surface area contributed by atoms with E-state index in [0.29, 0.717) is 18.8 Å². The van der Waals surface area contributed by atoms with Crippen LogP contribution in [0.15, 0.2) is 29.2 Å². The molecule has 2 rings (SSSR count). The zero-order valence-electron chi connectivity index (χ0n) is 11.7. The van der Waals surface area contributed by atoms with Crippen LogP contribution in [0, 0.1) is 0 Å². The molecule has 1 aliphatic heterocycles. The number of morpholine rings is 1. The fourth-order valence-electron chi connectivity index (χ4n) is 2.16. The van der Waals surface area contributed by atoms with E-state index in [2.05, 4.69) is 5.32 Å². The number of carbonyl (C=O) groups excluding carboxylic acids is 1. The number of urea groups is 1. The highest BCUT2D eigenvalue weighted by molar-refractivity contribution is 7.98. The molecule has 0 radical (unpaired) electrons. The second-order valence-corrected chi connectivity index (χ2v) is 5.56. The molecule has 1 fully saturated rings. The van der Waals surface area contributed by atoms with Crippen molar-refractivity contribution < 1.29 is 19.4 Å². The van der Waals surface area contributed by atoms with Crippen molar-refractivity contribution in [2.75, 3.05) is 31.3 Å². The lowest BCUT2D eigenvalue weighted by molar-refractivity contribution is -0.139. The predicted molar refractivity (Wildman–Crippen MR) is 80.8 cm³/mol. The Labute approximate surface area is 127 Å². The lowest BCUT2D eigenvalue weighted by Crippen LogP contribution is -2.51. The maximum absolute atomic E-state index is 12.3. The van der Waals surface area contributed by atoms with Crippen molar-refractivity contribution >= 4 is 29.4 Å². The summed E-state index contributed by atoms with van der Waals surface area (Å²) >= 11 is 1.63. The molecule has 114 valence electrons. The smallest absolute Gasteiger partial charge is 0.322 e. The van der Waals surface area contributed by atoms with E-state index < -0.39 is 12.0 Å². The number of carboxylic acid groups (broad SMARTS) is 1. The lowest BCUT2D eigenvalue weighted by Gasteiger charge is -2.34. The molecule has 1 atom stereocenters. The van der Waals surface area contributed by atoms with Gasteiger partial charge in [-0.2, -0.15) is 0 Å². The van der Waals surface area contributed by atoms with Gasteiger partial charge in [0.25, 0.3) is 0 Å². The summed E-state index contributed by atoms with van der Waals surface area (Å²) in [5.41, 5.74) is 0.693. The third-order valence-electron chi connectivity index (χ3n) is 3.24. The van der Waals surface area contributed by atoms with Gasteiger partial charge in [-0.25, -0.2) is 4.79 Å². The van der Waals surface area contributed by atoms with E-state index in [-0.39, 0.29) is 19.1 Å². The monoisotopic (exact) mass is 310 g/mol. The Hall–Kier alpha value is -1.73. The van der Waals surface area contributed by atoms with E-state index >= 15 is 0 Å². The summed E-state index contributed by atoms with van der Waals surface area (Å²) in [4.78, 5) is 25.8. The van der Waals surface area contributed by atoms with Crippen molar-refractivity contribution in [1.29, 1.82) is 0 Å². The number of benzene rings is 1. The van der Waals surface area contributed by atoms with Crippen molar-refractivity contribution in [3.05, 3.63) is 24.3 Å². The van der Waals surface area contributed by atoms with Gasteiger partial charge in [-0.15, -0.1) is 11.8 Å². The molecule has 1 unspecified atom stereocenters. The average molecular weight is 310 g/mol. The Morgan fingerprint density at radius 2 is 2.14 bits per heavy atom. The third-order valence-corrected chi connectivity index (χ3v) is 3.98. The molecule has 0 aromatic heterocycles. The summed E-state index contributed by atoms with van der Waals surface area (Å²) < 4.78 is 5.26. The highest BCUT2D eigenvalue weighted by Crippen LogP contribution is 2.19. The van der Waals surface area contributed by atoms with E-state index in [4.69, 9.17) is 9.84 Å². The Balaban J connectivity index is 2.00. The van der Waals surface area contributed by atoms with Gasteiger partial charge in [0.1, 0.15) is 0 Å². The van der Waals surface area contributed by atoms with Gasteiger partial charge in [0.05, 0.1) is 25.7 Å². The number of nitrogens with one attached hydrogen (secondary N) is 1. The first-order valence-corrected chi connectivity index (χ1v) is 7.84. The van der Waals surface area contributed by atoms with Gasteiger partial charge in [0.15, 0.2) is 0 Å². The summed E-state index contributed by atoms with van der Waals surface area (Å²) in [6, 6.07) is 6.79. The maximum atomic E-state index is 12.3. The van der Waals surface area contributed by atoms with Crippen molar-refractivity contribution in [3.8, 4) is 0 Å². The Morgan fingerprint density at radius 3 is 2.76 bits per heavy atom. The van der Waals surface area contributed by atoms with Crippen LogP contribution < -0.4 is 5.32 Å². The van der Waals surface area contributed by atoms with Crippen LogP contribution in [0.5, 0.6) is 0 Å². The minimum atomic E-state index is -0.937. The van der Waals surface area contributed by atoms with Crippen LogP contribution in [0.3, 0.4) is 0 Å². The SMILES string of the molecule is CSc1ccc(NC(=O)N2CCOCC2CC(=O)O)cc1. The van der Waals surface area contributed by atoms with Crippen LogP contribution in [-0.2, 0) is 9.53 Å². The van der Waals surface area contributed by atoms with Crippen LogP contribution in [0.4, 0.5) is 10.5 Å². The molecule has 0 saturated carbocycles. The van der Waals surface area contributed by atoms with Crippen molar-refractivity contribution in [2.45, 2.75) is 17.4 Å². The maximum Gasteiger partial charge on any atom is 0.322 e. The zero-order chi connectivity index (χ0) is 15.2. The summed E-state index contributed by atoms with van der Waals surface area (Å²) in [6.07, 6.45) is 1.87. The molecular weight excluding hydrogens is 292 g/mol. The Morgan fingerprint density at radius 1 is 1.43 bits per heavy atom. The quantitative estimate of drug-likeness (QED) is 0.833. The fraction of sp³-hybridized carbons (Fsp3) is 0.429. The number of thioether (sulfide) groups is 1. The predicted octanol–water partition coefficient (Wildman–Crippen LogP) is 2.12. The zero-order valence-corrected chi connectivity index (χ0v) is 12.6. The number of carbonyl (C=O) groups is 2. The van der Waals surface area contributed by atoms with Crippen LogP contribution >= 0.6 is 11.8 Å². The molecular formula is C14H18N2O4S. The molecule has 0 bridgehead atoms. The van der Waals surface area contributed by atoms with E-state index in [1.165, 1.54) is 4.90 Å². The second-order valence-electron chi connectivity index (χ2n) is 4.68. The number of carboxylic acids is 1. The van der Waals surface area contributed by atoms with Gasteiger partial charge in [-0.05, 0) is 30.5 Å².